The Labute approximate surface area is 178 Å². The molecule has 3 aromatic rings. The number of nitrogens with one attached hydrogen (secondary N) is 1. The summed E-state index contributed by atoms with van der Waals surface area (Å²) in [6.45, 7) is 6.10. The Balaban J connectivity index is 1.49. The molecule has 2 N–H and O–H groups in total. The second kappa shape index (κ2) is 8.62. The van der Waals surface area contributed by atoms with Crippen LogP contribution in [0, 0.1) is 0 Å². The SMILES string of the molecule is Oc1c(CN2CCCC2)cc(Nc2ccnc3ccccc23)cc1CN1CCCC1. The van der Waals surface area contributed by atoms with Crippen LogP contribution in [-0.2, 0) is 13.1 Å². The van der Waals surface area contributed by atoms with Crippen LogP contribution in [0.3, 0.4) is 0 Å². The summed E-state index contributed by atoms with van der Waals surface area (Å²) < 4.78 is 0. The van der Waals surface area contributed by atoms with Crippen LogP contribution in [0.25, 0.3) is 10.9 Å². The molecule has 2 aromatic carbocycles. The van der Waals surface area contributed by atoms with Gasteiger partial charge in [-0.15, -0.1) is 0 Å². The second-order valence-corrected chi connectivity index (χ2v) is 8.61. The molecule has 2 saturated heterocycles. The number of aromatic hydroxyl groups is 1. The maximum atomic E-state index is 11.1. The highest BCUT2D eigenvalue weighted by Crippen LogP contribution is 2.33. The summed E-state index contributed by atoms with van der Waals surface area (Å²) in [4.78, 5) is 9.37. The lowest BCUT2D eigenvalue weighted by Gasteiger charge is -2.22. The van der Waals surface area contributed by atoms with Crippen molar-refractivity contribution in [3.8, 4) is 5.75 Å². The first kappa shape index (κ1) is 19.3. The number of phenols is 1. The number of aromatic nitrogens is 1. The summed E-state index contributed by atoms with van der Waals surface area (Å²) in [7, 11) is 0. The number of hydrogen-bond donors (Lipinski definition) is 2. The van der Waals surface area contributed by atoms with Crippen LogP contribution in [0.4, 0.5) is 11.4 Å². The number of rotatable bonds is 6. The van der Waals surface area contributed by atoms with Crippen LogP contribution in [-0.4, -0.2) is 46.1 Å². The van der Waals surface area contributed by atoms with Gasteiger partial charge in [-0.3, -0.25) is 14.8 Å². The third-order valence-corrected chi connectivity index (χ3v) is 6.38. The van der Waals surface area contributed by atoms with Gasteiger partial charge in [0.2, 0.25) is 0 Å². The van der Waals surface area contributed by atoms with Gasteiger partial charge in [-0.05, 0) is 76.1 Å². The molecule has 156 valence electrons. The van der Waals surface area contributed by atoms with E-state index in [1.807, 2.05) is 30.5 Å². The van der Waals surface area contributed by atoms with E-state index in [1.54, 1.807) is 0 Å². The third-order valence-electron chi connectivity index (χ3n) is 6.38. The largest absolute Gasteiger partial charge is 0.507 e. The Kier molecular flexibility index (Phi) is 5.56. The standard InChI is InChI=1S/C25H30N4O/c30-25-19(17-28-11-3-4-12-28)15-21(16-20(25)18-29-13-5-6-14-29)27-24-9-10-26-23-8-2-1-7-22(23)24/h1-2,7-10,15-16,30H,3-6,11-14,17-18H2,(H,26,27). The number of hydrogen-bond acceptors (Lipinski definition) is 5. The van der Waals surface area contributed by atoms with Crippen LogP contribution in [0.5, 0.6) is 5.75 Å². The number of nitrogens with zero attached hydrogens (tertiary/aromatic N) is 3. The quantitative estimate of drug-likeness (QED) is 0.576. The van der Waals surface area contributed by atoms with Crippen molar-refractivity contribution in [2.75, 3.05) is 31.5 Å². The first-order valence-electron chi connectivity index (χ1n) is 11.2. The Morgan fingerprint density at radius 3 is 2.07 bits per heavy atom. The van der Waals surface area contributed by atoms with Crippen molar-refractivity contribution in [3.05, 3.63) is 59.8 Å². The molecule has 0 bridgehead atoms. The van der Waals surface area contributed by atoms with Gasteiger partial charge >= 0.3 is 0 Å². The molecular formula is C25H30N4O. The van der Waals surface area contributed by atoms with Crippen molar-refractivity contribution < 1.29 is 5.11 Å². The summed E-state index contributed by atoms with van der Waals surface area (Å²) in [5.74, 6) is 0.471. The fraction of sp³-hybridized carbons (Fsp3) is 0.400. The molecule has 5 heteroatoms. The zero-order valence-corrected chi connectivity index (χ0v) is 17.5. The highest BCUT2D eigenvalue weighted by atomic mass is 16.3. The molecule has 0 spiro atoms. The monoisotopic (exact) mass is 402 g/mol. The Morgan fingerprint density at radius 1 is 0.833 bits per heavy atom. The number of benzene rings is 2. The van der Waals surface area contributed by atoms with Gasteiger partial charge in [0.1, 0.15) is 5.75 Å². The van der Waals surface area contributed by atoms with Gasteiger partial charge in [0.05, 0.1) is 5.52 Å². The zero-order chi connectivity index (χ0) is 20.3. The minimum absolute atomic E-state index is 0.471. The molecule has 0 atom stereocenters. The molecule has 3 heterocycles. The summed E-state index contributed by atoms with van der Waals surface area (Å²) in [5.41, 5.74) is 5.11. The van der Waals surface area contributed by atoms with E-state index in [0.29, 0.717) is 5.75 Å². The minimum atomic E-state index is 0.471. The predicted octanol–water partition coefficient (Wildman–Crippen LogP) is 4.88. The van der Waals surface area contributed by atoms with Crippen molar-refractivity contribution in [1.82, 2.24) is 14.8 Å². The molecular weight excluding hydrogens is 372 g/mol. The van der Waals surface area contributed by atoms with Crippen LogP contribution in [0.15, 0.2) is 48.7 Å². The van der Waals surface area contributed by atoms with E-state index in [0.717, 1.165) is 72.7 Å². The highest BCUT2D eigenvalue weighted by Gasteiger charge is 2.19. The van der Waals surface area contributed by atoms with E-state index in [1.165, 1.54) is 25.7 Å². The Morgan fingerprint density at radius 2 is 1.43 bits per heavy atom. The topological polar surface area (TPSA) is 51.6 Å². The van der Waals surface area contributed by atoms with E-state index in [4.69, 9.17) is 0 Å². The molecule has 0 radical (unpaired) electrons. The number of pyridine rings is 1. The smallest absolute Gasteiger partial charge is 0.124 e. The molecule has 1 aromatic heterocycles. The molecule has 0 aliphatic carbocycles. The average Bonchev–Trinajstić information content (AvgIpc) is 3.46. The van der Waals surface area contributed by atoms with Crippen LogP contribution < -0.4 is 5.32 Å². The van der Waals surface area contributed by atoms with Gasteiger partial charge in [-0.25, -0.2) is 0 Å². The second-order valence-electron chi connectivity index (χ2n) is 8.61. The maximum absolute atomic E-state index is 11.1. The van der Waals surface area contributed by atoms with Crippen molar-refractivity contribution in [3.63, 3.8) is 0 Å². The molecule has 0 amide bonds. The molecule has 0 unspecified atom stereocenters. The zero-order valence-electron chi connectivity index (χ0n) is 17.5. The fourth-order valence-corrected chi connectivity index (χ4v) is 4.80. The lowest BCUT2D eigenvalue weighted by molar-refractivity contribution is 0.312. The highest BCUT2D eigenvalue weighted by molar-refractivity contribution is 5.92. The van der Waals surface area contributed by atoms with Gasteiger partial charge in [0, 0.05) is 47.2 Å². The number of para-hydroxylation sites is 1. The number of likely N-dealkylation sites (tertiary alicyclic amines) is 2. The molecule has 5 rings (SSSR count). The van der Waals surface area contributed by atoms with Crippen molar-refractivity contribution in [1.29, 1.82) is 0 Å². The number of phenolic OH excluding ortho intramolecular Hbond substituents is 1. The summed E-state index contributed by atoms with van der Waals surface area (Å²) >= 11 is 0. The third kappa shape index (κ3) is 4.13. The molecule has 5 nitrogen and oxygen atoms in total. The van der Waals surface area contributed by atoms with E-state index in [2.05, 4.69) is 38.3 Å². The molecule has 2 aliphatic rings. The first-order valence-corrected chi connectivity index (χ1v) is 11.2. The van der Waals surface area contributed by atoms with Gasteiger partial charge < -0.3 is 10.4 Å². The van der Waals surface area contributed by atoms with E-state index in [-0.39, 0.29) is 0 Å². The van der Waals surface area contributed by atoms with Gasteiger partial charge in [-0.1, -0.05) is 18.2 Å². The summed E-state index contributed by atoms with van der Waals surface area (Å²) in [6, 6.07) is 14.5. The first-order chi connectivity index (χ1) is 14.8. The van der Waals surface area contributed by atoms with Gasteiger partial charge in [0.25, 0.3) is 0 Å². The van der Waals surface area contributed by atoms with Gasteiger partial charge in [0.15, 0.2) is 0 Å². The maximum Gasteiger partial charge on any atom is 0.124 e. The average molecular weight is 403 g/mol. The number of fused-ring (bicyclic) bond motifs is 1. The van der Waals surface area contributed by atoms with Gasteiger partial charge in [-0.2, -0.15) is 0 Å². The summed E-state index contributed by atoms with van der Waals surface area (Å²) in [5, 5.41) is 15.8. The van der Waals surface area contributed by atoms with Crippen molar-refractivity contribution >= 4 is 22.3 Å². The lowest BCUT2D eigenvalue weighted by atomic mass is 10.1. The van der Waals surface area contributed by atoms with Crippen molar-refractivity contribution in [2.45, 2.75) is 38.8 Å². The normalized spacial score (nSPS) is 17.7. The number of anilines is 2. The Bertz CT molecular complexity index is 978. The minimum Gasteiger partial charge on any atom is -0.507 e. The lowest BCUT2D eigenvalue weighted by Crippen LogP contribution is -2.20. The fourth-order valence-electron chi connectivity index (χ4n) is 4.80. The molecule has 2 fully saturated rings. The van der Waals surface area contributed by atoms with E-state index < -0.39 is 0 Å². The van der Waals surface area contributed by atoms with Crippen LogP contribution in [0.2, 0.25) is 0 Å². The predicted molar refractivity (Wildman–Crippen MR) is 122 cm³/mol. The molecule has 0 saturated carbocycles. The van der Waals surface area contributed by atoms with E-state index in [9.17, 15) is 5.11 Å². The Hall–Kier alpha value is -2.63. The van der Waals surface area contributed by atoms with Crippen molar-refractivity contribution in [2.24, 2.45) is 0 Å². The van der Waals surface area contributed by atoms with Crippen LogP contribution in [0.1, 0.15) is 36.8 Å². The molecule has 2 aliphatic heterocycles. The summed E-state index contributed by atoms with van der Waals surface area (Å²) in [6.07, 6.45) is 6.86. The molecule has 30 heavy (non-hydrogen) atoms. The van der Waals surface area contributed by atoms with Crippen LogP contribution >= 0.6 is 0 Å². The van der Waals surface area contributed by atoms with E-state index >= 15 is 0 Å².